The highest BCUT2D eigenvalue weighted by Gasteiger charge is 2.44. The smallest absolute Gasteiger partial charge is 0.254 e. The zero-order valence-electron chi connectivity index (χ0n) is 13.7. The van der Waals surface area contributed by atoms with Crippen molar-refractivity contribution in [2.45, 2.75) is 18.6 Å². The van der Waals surface area contributed by atoms with Crippen LogP contribution in [-0.2, 0) is 4.79 Å². The number of amides is 2. The van der Waals surface area contributed by atoms with E-state index in [-0.39, 0.29) is 17.9 Å². The van der Waals surface area contributed by atoms with Crippen molar-refractivity contribution in [2.24, 2.45) is 0 Å². The van der Waals surface area contributed by atoms with Gasteiger partial charge in [0.25, 0.3) is 5.91 Å². The van der Waals surface area contributed by atoms with Gasteiger partial charge in [0.05, 0.1) is 12.2 Å². The molecule has 2 aliphatic heterocycles. The molecule has 2 amide bonds. The number of benzene rings is 2. The molecule has 0 aromatic heterocycles. The number of carbonyl (C=O) groups excluding carboxylic acids is 2. The standard InChI is InChI=1S/C19H17ClN2O3/c1-21-15-4-2-3-5-17(15)25-14-10-16(19(21)24)22(11-14)18(23)12-6-8-13(20)9-7-12/h2-9,14,16H,10-11H2,1H3. The van der Waals surface area contributed by atoms with E-state index in [1.54, 1.807) is 41.1 Å². The van der Waals surface area contributed by atoms with E-state index < -0.39 is 6.04 Å². The van der Waals surface area contributed by atoms with Crippen molar-refractivity contribution >= 4 is 29.1 Å². The van der Waals surface area contributed by atoms with Gasteiger partial charge in [-0.3, -0.25) is 9.59 Å². The number of hydrogen-bond acceptors (Lipinski definition) is 3. The molecule has 128 valence electrons. The van der Waals surface area contributed by atoms with Crippen LogP contribution >= 0.6 is 11.6 Å². The molecule has 2 unspecified atom stereocenters. The summed E-state index contributed by atoms with van der Waals surface area (Å²) < 4.78 is 6.07. The second kappa shape index (κ2) is 6.08. The first-order valence-corrected chi connectivity index (χ1v) is 8.52. The molecule has 0 radical (unpaired) electrons. The highest BCUT2D eigenvalue weighted by molar-refractivity contribution is 6.30. The van der Waals surface area contributed by atoms with Crippen LogP contribution in [0.2, 0.25) is 5.02 Å². The van der Waals surface area contributed by atoms with Crippen LogP contribution in [0.5, 0.6) is 5.75 Å². The predicted octanol–water partition coefficient (Wildman–Crippen LogP) is 2.98. The fourth-order valence-corrected chi connectivity index (χ4v) is 3.58. The lowest BCUT2D eigenvalue weighted by atomic mass is 10.1. The van der Waals surface area contributed by atoms with Gasteiger partial charge >= 0.3 is 0 Å². The van der Waals surface area contributed by atoms with Gasteiger partial charge in [0, 0.05) is 24.1 Å². The van der Waals surface area contributed by atoms with E-state index in [0.29, 0.717) is 29.3 Å². The Morgan fingerprint density at radius 3 is 2.64 bits per heavy atom. The number of rotatable bonds is 1. The largest absolute Gasteiger partial charge is 0.486 e. The lowest BCUT2D eigenvalue weighted by Gasteiger charge is -2.29. The van der Waals surface area contributed by atoms with Crippen LogP contribution in [0.3, 0.4) is 0 Å². The molecular formula is C19H17ClN2O3. The molecule has 0 spiro atoms. The normalized spacial score (nSPS) is 22.1. The lowest BCUT2D eigenvalue weighted by molar-refractivity contribution is -0.122. The number of hydrogen-bond donors (Lipinski definition) is 0. The first kappa shape index (κ1) is 16.0. The number of para-hydroxylation sites is 2. The maximum absolute atomic E-state index is 13.0. The van der Waals surface area contributed by atoms with Gasteiger partial charge in [0.15, 0.2) is 0 Å². The maximum atomic E-state index is 13.0. The average molecular weight is 357 g/mol. The summed E-state index contributed by atoms with van der Waals surface area (Å²) in [5.41, 5.74) is 1.24. The van der Waals surface area contributed by atoms with Crippen molar-refractivity contribution < 1.29 is 14.3 Å². The van der Waals surface area contributed by atoms with E-state index in [1.807, 2.05) is 24.3 Å². The third-order valence-electron chi connectivity index (χ3n) is 4.75. The summed E-state index contributed by atoms with van der Waals surface area (Å²) in [5, 5.41) is 0.569. The summed E-state index contributed by atoms with van der Waals surface area (Å²) in [5.74, 6) is 0.392. The zero-order chi connectivity index (χ0) is 17.6. The molecule has 2 heterocycles. The summed E-state index contributed by atoms with van der Waals surface area (Å²) >= 11 is 5.90. The Bertz CT molecular complexity index is 837. The van der Waals surface area contributed by atoms with Crippen LogP contribution in [0.4, 0.5) is 5.69 Å². The molecule has 2 aromatic carbocycles. The van der Waals surface area contributed by atoms with Gasteiger partial charge in [-0.25, -0.2) is 0 Å². The molecule has 2 bridgehead atoms. The number of likely N-dealkylation sites (N-methyl/N-ethyl adjacent to an activating group) is 1. The molecule has 4 rings (SSSR count). The van der Waals surface area contributed by atoms with Crippen LogP contribution in [0.25, 0.3) is 0 Å². The van der Waals surface area contributed by atoms with Gasteiger partial charge in [-0.05, 0) is 36.4 Å². The topological polar surface area (TPSA) is 49.9 Å². The predicted molar refractivity (Wildman–Crippen MR) is 95.2 cm³/mol. The lowest BCUT2D eigenvalue weighted by Crippen LogP contribution is -2.46. The quantitative estimate of drug-likeness (QED) is 0.789. The molecule has 5 nitrogen and oxygen atoms in total. The zero-order valence-corrected chi connectivity index (χ0v) is 14.4. The Labute approximate surface area is 150 Å². The Morgan fingerprint density at radius 1 is 1.16 bits per heavy atom. The summed E-state index contributed by atoms with van der Waals surface area (Å²) in [7, 11) is 1.72. The van der Waals surface area contributed by atoms with E-state index in [1.165, 1.54) is 0 Å². The molecular weight excluding hydrogens is 340 g/mol. The van der Waals surface area contributed by atoms with E-state index >= 15 is 0 Å². The fourth-order valence-electron chi connectivity index (χ4n) is 3.46. The monoisotopic (exact) mass is 356 g/mol. The average Bonchev–Trinajstić information content (AvgIpc) is 3.05. The minimum atomic E-state index is -0.522. The molecule has 0 N–H and O–H groups in total. The van der Waals surface area contributed by atoms with Crippen LogP contribution in [0.1, 0.15) is 16.8 Å². The van der Waals surface area contributed by atoms with E-state index in [2.05, 4.69) is 0 Å². The number of nitrogens with zero attached hydrogens (tertiary/aromatic N) is 2. The maximum Gasteiger partial charge on any atom is 0.254 e. The SMILES string of the molecule is CN1C(=O)C2CC(CN2C(=O)c2ccc(Cl)cc2)Oc2ccccc21. The van der Waals surface area contributed by atoms with E-state index in [0.717, 1.165) is 5.69 Å². The summed E-state index contributed by atoms with van der Waals surface area (Å²) in [6, 6.07) is 13.6. The van der Waals surface area contributed by atoms with Crippen molar-refractivity contribution in [3.05, 3.63) is 59.1 Å². The first-order valence-electron chi connectivity index (χ1n) is 8.14. The van der Waals surface area contributed by atoms with Gasteiger partial charge in [0.2, 0.25) is 5.91 Å². The van der Waals surface area contributed by atoms with Gasteiger partial charge in [0.1, 0.15) is 17.9 Å². The van der Waals surface area contributed by atoms with Crippen molar-refractivity contribution in [1.29, 1.82) is 0 Å². The summed E-state index contributed by atoms with van der Waals surface area (Å²) in [6.07, 6.45) is 0.302. The highest BCUT2D eigenvalue weighted by Crippen LogP contribution is 2.35. The third-order valence-corrected chi connectivity index (χ3v) is 5.00. The molecule has 1 fully saturated rings. The van der Waals surface area contributed by atoms with Crippen molar-refractivity contribution in [3.63, 3.8) is 0 Å². The van der Waals surface area contributed by atoms with Crippen LogP contribution in [0, 0.1) is 0 Å². The number of halogens is 1. The molecule has 0 aliphatic carbocycles. The highest BCUT2D eigenvalue weighted by atomic mass is 35.5. The second-order valence-corrected chi connectivity index (χ2v) is 6.76. The molecule has 2 aliphatic rings. The number of ether oxygens (including phenoxy) is 1. The minimum absolute atomic E-state index is 0.0967. The van der Waals surface area contributed by atoms with Crippen molar-refractivity contribution in [1.82, 2.24) is 4.90 Å². The van der Waals surface area contributed by atoms with Gasteiger partial charge in [-0.2, -0.15) is 0 Å². The van der Waals surface area contributed by atoms with Crippen molar-refractivity contribution in [3.8, 4) is 5.75 Å². The Hall–Kier alpha value is -2.53. The minimum Gasteiger partial charge on any atom is -0.486 e. The molecule has 6 heteroatoms. The van der Waals surface area contributed by atoms with E-state index in [4.69, 9.17) is 16.3 Å². The molecule has 2 aromatic rings. The summed E-state index contributed by atoms with van der Waals surface area (Å²) in [6.45, 7) is 0.389. The molecule has 2 atom stereocenters. The third kappa shape index (κ3) is 2.74. The van der Waals surface area contributed by atoms with Crippen LogP contribution in [-0.4, -0.2) is 42.5 Å². The van der Waals surface area contributed by atoms with Crippen LogP contribution in [0.15, 0.2) is 48.5 Å². The number of likely N-dealkylation sites (tertiary alicyclic amines) is 1. The first-order chi connectivity index (χ1) is 12.0. The van der Waals surface area contributed by atoms with Gasteiger partial charge in [-0.15, -0.1) is 0 Å². The van der Waals surface area contributed by atoms with Crippen molar-refractivity contribution in [2.75, 3.05) is 18.5 Å². The Morgan fingerprint density at radius 2 is 1.88 bits per heavy atom. The second-order valence-electron chi connectivity index (χ2n) is 6.32. The van der Waals surface area contributed by atoms with Gasteiger partial charge < -0.3 is 14.5 Å². The van der Waals surface area contributed by atoms with Gasteiger partial charge in [-0.1, -0.05) is 23.7 Å². The van der Waals surface area contributed by atoms with Crippen LogP contribution < -0.4 is 9.64 Å². The molecule has 25 heavy (non-hydrogen) atoms. The molecule has 1 saturated heterocycles. The number of anilines is 1. The summed E-state index contributed by atoms with van der Waals surface area (Å²) in [4.78, 5) is 29.1. The Balaban J connectivity index is 1.67. The number of carbonyl (C=O) groups is 2. The Kier molecular flexibility index (Phi) is 3.88. The molecule has 0 saturated carbocycles. The fraction of sp³-hybridized carbons (Fsp3) is 0.263. The number of fused-ring (bicyclic) bond motifs is 3. The van der Waals surface area contributed by atoms with E-state index in [9.17, 15) is 9.59 Å².